The number of methoxy groups -OCH3 is 1. The van der Waals surface area contributed by atoms with Crippen molar-refractivity contribution < 1.29 is 28.6 Å². The maximum Gasteiger partial charge on any atom is 0.408 e. The molecule has 224 valence electrons. The van der Waals surface area contributed by atoms with Crippen molar-refractivity contribution in [2.24, 2.45) is 11.8 Å². The van der Waals surface area contributed by atoms with Crippen LogP contribution < -0.4 is 10.1 Å². The molecule has 2 saturated carbocycles. The van der Waals surface area contributed by atoms with Crippen molar-refractivity contribution in [3.8, 4) is 5.75 Å². The molecule has 6 rings (SSSR count). The first-order valence-electron chi connectivity index (χ1n) is 15.6. The minimum absolute atomic E-state index is 0.00489. The zero-order chi connectivity index (χ0) is 29.1. The fraction of sp³-hybridized carbons (Fsp3) is 0.576. The number of fused-ring (bicyclic) bond motifs is 5. The lowest BCUT2D eigenvalue weighted by molar-refractivity contribution is -0.152. The number of rotatable bonds is 2. The van der Waals surface area contributed by atoms with E-state index < -0.39 is 30.3 Å². The number of carbonyl (C=O) groups is 3. The molecule has 1 saturated heterocycles. The number of para-hydroxylation sites is 1. The van der Waals surface area contributed by atoms with Crippen molar-refractivity contribution in [2.75, 3.05) is 13.7 Å². The monoisotopic (exact) mass is 575 g/mol. The minimum atomic E-state index is -0.803. The average molecular weight is 576 g/mol. The number of carbonyl (C=O) groups excluding carboxylic acids is 3. The van der Waals surface area contributed by atoms with Gasteiger partial charge in [0.25, 0.3) is 0 Å². The third-order valence-electron chi connectivity index (χ3n) is 9.51. The van der Waals surface area contributed by atoms with Crippen LogP contribution in [-0.4, -0.2) is 65.8 Å². The number of aromatic nitrogens is 1. The summed E-state index contributed by atoms with van der Waals surface area (Å²) < 4.78 is 17.6. The molecule has 9 nitrogen and oxygen atoms in total. The highest BCUT2D eigenvalue weighted by atomic mass is 16.6. The highest BCUT2D eigenvalue weighted by Gasteiger charge is 2.46. The number of alkyl carbamates (subject to hydrolysis) is 1. The SMILES string of the molecule is COC(=O)[C@@H]1C[C@@H]2CN1C(=O)[C@H](C1CCCC1)NC(=O)O[C@@H]1CCCC1CCC/C=C/c1nc3ccccc3cc1O2. The van der Waals surface area contributed by atoms with Crippen molar-refractivity contribution >= 4 is 34.9 Å². The lowest BCUT2D eigenvalue weighted by Gasteiger charge is -2.31. The fourth-order valence-electron chi connectivity index (χ4n) is 7.32. The summed E-state index contributed by atoms with van der Waals surface area (Å²) in [6, 6.07) is 8.34. The standard InChI is InChI=1S/C33H41N3O6/c1-40-32(38)27-19-24-20-36(27)31(37)30(22-11-5-6-12-22)35-33(39)42-28-17-9-14-21(28)10-3-2-4-16-26-29(41-24)18-23-13-7-8-15-25(23)34-26/h4,7-8,13,15-16,18,21-22,24,27-28,30H,2-3,5-6,9-12,14,17,19-20H2,1H3,(H,35,39)/b16-4+/t21?,24-,27+,28-,30+/m1/s1. The predicted molar refractivity (Wildman–Crippen MR) is 158 cm³/mol. The average Bonchev–Trinajstić information content (AvgIpc) is 3.77. The number of nitrogens with zero attached hydrogens (tertiary/aromatic N) is 2. The van der Waals surface area contributed by atoms with Crippen molar-refractivity contribution in [3.63, 3.8) is 0 Å². The molecular weight excluding hydrogens is 534 g/mol. The van der Waals surface area contributed by atoms with Crippen LogP contribution in [0.25, 0.3) is 17.0 Å². The summed E-state index contributed by atoms with van der Waals surface area (Å²) in [6.45, 7) is 0.208. The summed E-state index contributed by atoms with van der Waals surface area (Å²) in [7, 11) is 1.33. The molecule has 2 aliphatic carbocycles. The molecule has 2 aliphatic heterocycles. The van der Waals surface area contributed by atoms with Crippen LogP contribution >= 0.6 is 0 Å². The van der Waals surface area contributed by atoms with Crippen LogP contribution in [0.4, 0.5) is 4.79 Å². The number of amides is 2. The van der Waals surface area contributed by atoms with E-state index in [0.29, 0.717) is 18.1 Å². The molecule has 1 unspecified atom stereocenters. The van der Waals surface area contributed by atoms with E-state index in [1.807, 2.05) is 36.4 Å². The number of hydrogen-bond donors (Lipinski definition) is 1. The van der Waals surface area contributed by atoms with Gasteiger partial charge in [-0.3, -0.25) is 4.79 Å². The molecule has 2 aromatic rings. The van der Waals surface area contributed by atoms with E-state index in [4.69, 9.17) is 19.2 Å². The molecule has 0 radical (unpaired) electrons. The van der Waals surface area contributed by atoms with Crippen LogP contribution in [0, 0.1) is 11.8 Å². The van der Waals surface area contributed by atoms with Gasteiger partial charge in [0.05, 0.1) is 19.2 Å². The highest BCUT2D eigenvalue weighted by Crippen LogP contribution is 2.35. The molecule has 42 heavy (non-hydrogen) atoms. The Labute approximate surface area is 247 Å². The Morgan fingerprint density at radius 2 is 1.79 bits per heavy atom. The summed E-state index contributed by atoms with van der Waals surface area (Å²) >= 11 is 0. The second-order valence-electron chi connectivity index (χ2n) is 12.2. The Hall–Kier alpha value is -3.62. The highest BCUT2D eigenvalue weighted by molar-refractivity contribution is 5.90. The first-order valence-corrected chi connectivity index (χ1v) is 15.6. The molecule has 1 aromatic heterocycles. The number of allylic oxidation sites excluding steroid dienone is 1. The predicted octanol–water partition coefficient (Wildman–Crippen LogP) is 5.41. The second-order valence-corrected chi connectivity index (χ2v) is 12.2. The van der Waals surface area contributed by atoms with Crippen LogP contribution in [0.3, 0.4) is 0 Å². The van der Waals surface area contributed by atoms with Gasteiger partial charge >= 0.3 is 12.1 Å². The topological polar surface area (TPSA) is 107 Å². The van der Waals surface area contributed by atoms with Gasteiger partial charge in [-0.2, -0.15) is 0 Å². The largest absolute Gasteiger partial charge is 0.486 e. The molecule has 2 amide bonds. The molecule has 4 aliphatic rings. The first kappa shape index (κ1) is 28.5. The molecule has 0 spiro atoms. The number of ether oxygens (including phenoxy) is 3. The lowest BCUT2D eigenvalue weighted by atomic mass is 9.96. The molecule has 9 heteroatoms. The molecule has 1 N–H and O–H groups in total. The van der Waals surface area contributed by atoms with Crippen LogP contribution in [0.15, 0.2) is 36.4 Å². The maximum atomic E-state index is 14.2. The number of benzene rings is 1. The normalized spacial score (nSPS) is 29.9. The van der Waals surface area contributed by atoms with Gasteiger partial charge in [0.1, 0.15) is 35.7 Å². The van der Waals surface area contributed by atoms with Crippen LogP contribution in [-0.2, 0) is 19.1 Å². The van der Waals surface area contributed by atoms with Gasteiger partial charge in [0.15, 0.2) is 0 Å². The van der Waals surface area contributed by atoms with Crippen LogP contribution in [0.5, 0.6) is 5.75 Å². The Morgan fingerprint density at radius 1 is 1.00 bits per heavy atom. The fourth-order valence-corrected chi connectivity index (χ4v) is 7.32. The minimum Gasteiger partial charge on any atom is -0.486 e. The van der Waals surface area contributed by atoms with Gasteiger partial charge in [-0.1, -0.05) is 37.1 Å². The molecular formula is C33H41N3O6. The Kier molecular flexibility index (Phi) is 8.63. The molecule has 3 fully saturated rings. The number of pyridine rings is 1. The number of hydrogen-bond acceptors (Lipinski definition) is 7. The first-order chi connectivity index (χ1) is 20.5. The smallest absolute Gasteiger partial charge is 0.408 e. The van der Waals surface area contributed by atoms with Gasteiger partial charge in [-0.05, 0) is 81.4 Å². The van der Waals surface area contributed by atoms with E-state index in [9.17, 15) is 14.4 Å². The van der Waals surface area contributed by atoms with Crippen molar-refractivity contribution in [1.29, 1.82) is 0 Å². The van der Waals surface area contributed by atoms with Gasteiger partial charge in [0, 0.05) is 11.8 Å². The van der Waals surface area contributed by atoms with E-state index >= 15 is 0 Å². The Balaban J connectivity index is 1.35. The van der Waals surface area contributed by atoms with E-state index in [1.54, 1.807) is 4.90 Å². The Morgan fingerprint density at radius 3 is 2.62 bits per heavy atom. The van der Waals surface area contributed by atoms with E-state index in [1.165, 1.54) is 7.11 Å². The van der Waals surface area contributed by atoms with Crippen LogP contribution in [0.1, 0.15) is 76.3 Å². The Bertz CT molecular complexity index is 1340. The van der Waals surface area contributed by atoms with Gasteiger partial charge in [-0.25, -0.2) is 14.6 Å². The summed E-state index contributed by atoms with van der Waals surface area (Å²) in [4.78, 5) is 46.8. The second kappa shape index (κ2) is 12.7. The molecule has 1 aromatic carbocycles. The third-order valence-corrected chi connectivity index (χ3v) is 9.51. The van der Waals surface area contributed by atoms with Crippen LogP contribution in [0.2, 0.25) is 0 Å². The quantitative estimate of drug-likeness (QED) is 0.478. The summed E-state index contributed by atoms with van der Waals surface area (Å²) in [5.41, 5.74) is 1.61. The third kappa shape index (κ3) is 6.10. The summed E-state index contributed by atoms with van der Waals surface area (Å²) in [5.74, 6) is 0.165. The maximum absolute atomic E-state index is 14.2. The van der Waals surface area contributed by atoms with E-state index in [2.05, 4.69) is 11.4 Å². The summed E-state index contributed by atoms with van der Waals surface area (Å²) in [6.07, 6.45) is 12.7. The lowest BCUT2D eigenvalue weighted by Crippen LogP contribution is -2.55. The number of esters is 1. The summed E-state index contributed by atoms with van der Waals surface area (Å²) in [5, 5.41) is 3.91. The molecule has 2 bridgehead atoms. The zero-order valence-electron chi connectivity index (χ0n) is 24.3. The van der Waals surface area contributed by atoms with E-state index in [0.717, 1.165) is 80.8 Å². The molecule has 5 atom stereocenters. The van der Waals surface area contributed by atoms with Gasteiger partial charge < -0.3 is 24.4 Å². The van der Waals surface area contributed by atoms with Gasteiger partial charge in [0.2, 0.25) is 5.91 Å². The van der Waals surface area contributed by atoms with E-state index in [-0.39, 0.29) is 24.5 Å². The van der Waals surface area contributed by atoms with Gasteiger partial charge in [-0.15, -0.1) is 0 Å². The number of nitrogens with one attached hydrogen (secondary N) is 1. The van der Waals surface area contributed by atoms with Crippen molar-refractivity contribution in [1.82, 2.24) is 15.2 Å². The zero-order valence-corrected chi connectivity index (χ0v) is 24.3. The van der Waals surface area contributed by atoms with Crippen molar-refractivity contribution in [3.05, 3.63) is 42.1 Å². The molecule has 3 heterocycles. The van der Waals surface area contributed by atoms with Crippen molar-refractivity contribution in [2.45, 2.75) is 94.9 Å².